The van der Waals surface area contributed by atoms with Crippen molar-refractivity contribution >= 4 is 35.8 Å². The third-order valence-corrected chi connectivity index (χ3v) is 8.56. The number of carbonyl (C=O) groups excluding carboxylic acids is 6. The highest BCUT2D eigenvalue weighted by atomic mass is 16.7. The number of hydrogen-bond acceptors (Lipinski definition) is 14. The lowest BCUT2D eigenvalue weighted by molar-refractivity contribution is -0.150. The molecule has 2 heterocycles. The lowest BCUT2D eigenvalue weighted by atomic mass is 10.0. The molecule has 4 aromatic rings. The summed E-state index contributed by atoms with van der Waals surface area (Å²) >= 11 is 0. The number of carbonyl (C=O) groups is 6. The molecule has 0 spiro atoms. The standard InChI is InChI=1S/C42H34O14/c1-3-35(43)49-23-37(45)53-31-17-13-27(14-18-31)25-5-9-29(10-6-25)41(47)55-33-21-51-40-34(22-52-39(33)40)56-42(48)30-11-7-26(8-12-30)28-15-19-32(20-16-28)54-38(46)24-50-36(44)4-2/h3-20,33-34,39-40H,1-2,21-24H2. The number of benzene rings is 4. The fraction of sp³-hybridized carbons (Fsp3) is 0.190. The fourth-order valence-corrected chi connectivity index (χ4v) is 5.77. The Kier molecular flexibility index (Phi) is 12.4. The van der Waals surface area contributed by atoms with Crippen LogP contribution in [0.4, 0.5) is 0 Å². The van der Waals surface area contributed by atoms with Crippen LogP contribution in [-0.4, -0.2) is 86.7 Å². The van der Waals surface area contributed by atoms with Gasteiger partial charge in [-0.25, -0.2) is 28.8 Å². The van der Waals surface area contributed by atoms with Gasteiger partial charge in [0.1, 0.15) is 23.7 Å². The van der Waals surface area contributed by atoms with Crippen molar-refractivity contribution in [2.75, 3.05) is 26.4 Å². The molecule has 14 heteroatoms. The van der Waals surface area contributed by atoms with Gasteiger partial charge in [-0.1, -0.05) is 61.7 Å². The van der Waals surface area contributed by atoms with Crippen LogP contribution in [0.2, 0.25) is 0 Å². The second kappa shape index (κ2) is 18.0. The van der Waals surface area contributed by atoms with Crippen LogP contribution >= 0.6 is 0 Å². The van der Waals surface area contributed by atoms with Crippen molar-refractivity contribution in [3.63, 3.8) is 0 Å². The predicted molar refractivity (Wildman–Crippen MR) is 195 cm³/mol. The van der Waals surface area contributed by atoms with Gasteiger partial charge >= 0.3 is 35.8 Å². The summed E-state index contributed by atoms with van der Waals surface area (Å²) in [6.07, 6.45) is -0.773. The molecule has 0 N–H and O–H groups in total. The van der Waals surface area contributed by atoms with Crippen molar-refractivity contribution in [3.05, 3.63) is 133 Å². The van der Waals surface area contributed by atoms with Gasteiger partial charge in [-0.05, 0) is 70.8 Å². The minimum atomic E-state index is -0.740. The zero-order valence-electron chi connectivity index (χ0n) is 29.7. The molecule has 2 saturated heterocycles. The molecule has 0 aromatic heterocycles. The molecule has 2 aliphatic heterocycles. The summed E-state index contributed by atoms with van der Waals surface area (Å²) in [4.78, 5) is 72.0. The van der Waals surface area contributed by atoms with Crippen molar-refractivity contribution < 1.29 is 66.7 Å². The van der Waals surface area contributed by atoms with E-state index in [4.69, 9.17) is 28.4 Å². The Bertz CT molecular complexity index is 1950. The lowest BCUT2D eigenvalue weighted by Gasteiger charge is -2.17. The van der Waals surface area contributed by atoms with Crippen molar-refractivity contribution in [1.82, 2.24) is 0 Å². The largest absolute Gasteiger partial charge is 0.453 e. The van der Waals surface area contributed by atoms with Gasteiger partial charge in [0.15, 0.2) is 25.4 Å². The number of hydrogen-bond donors (Lipinski definition) is 0. The first kappa shape index (κ1) is 38.8. The molecule has 4 unspecified atom stereocenters. The Morgan fingerprint density at radius 2 is 0.839 bits per heavy atom. The smallest absolute Gasteiger partial charge is 0.349 e. The molecule has 4 aromatic carbocycles. The zero-order chi connectivity index (χ0) is 39.6. The van der Waals surface area contributed by atoms with Crippen LogP contribution in [0.25, 0.3) is 22.3 Å². The molecule has 56 heavy (non-hydrogen) atoms. The van der Waals surface area contributed by atoms with E-state index in [1.165, 1.54) is 0 Å². The fourth-order valence-electron chi connectivity index (χ4n) is 5.77. The molecule has 0 amide bonds. The molecular weight excluding hydrogens is 728 g/mol. The third-order valence-electron chi connectivity index (χ3n) is 8.56. The SMILES string of the molecule is C=CC(=O)OCC(=O)Oc1ccc(-c2ccc(C(=O)OC3COC4C(OC(=O)c5ccc(-c6ccc(OC(=O)COC(=O)C=C)cc6)cc5)COC34)cc2)cc1. The molecule has 286 valence electrons. The number of rotatable bonds is 14. The van der Waals surface area contributed by atoms with Gasteiger partial charge in [-0.2, -0.15) is 0 Å². The topological polar surface area (TPSA) is 176 Å². The van der Waals surface area contributed by atoms with Crippen LogP contribution in [0.15, 0.2) is 122 Å². The van der Waals surface area contributed by atoms with Crippen LogP contribution in [0.3, 0.4) is 0 Å². The van der Waals surface area contributed by atoms with Crippen LogP contribution < -0.4 is 9.47 Å². The third kappa shape index (κ3) is 9.79. The quantitative estimate of drug-likeness (QED) is 0.0738. The number of fused-ring (bicyclic) bond motifs is 1. The first-order valence-electron chi connectivity index (χ1n) is 17.2. The monoisotopic (exact) mass is 762 g/mol. The Balaban J connectivity index is 0.960. The Hall–Kier alpha value is -6.90. The van der Waals surface area contributed by atoms with Gasteiger partial charge in [0.25, 0.3) is 0 Å². The molecule has 14 nitrogen and oxygen atoms in total. The zero-order valence-corrected chi connectivity index (χ0v) is 29.7. The summed E-state index contributed by atoms with van der Waals surface area (Å²) in [7, 11) is 0. The second-order valence-corrected chi connectivity index (χ2v) is 12.3. The van der Waals surface area contributed by atoms with E-state index in [9.17, 15) is 28.8 Å². The maximum absolute atomic E-state index is 13.0. The van der Waals surface area contributed by atoms with Crippen molar-refractivity contribution in [2.45, 2.75) is 24.4 Å². The maximum Gasteiger partial charge on any atom is 0.349 e. The summed E-state index contributed by atoms with van der Waals surface area (Å²) in [6, 6.07) is 26.8. The molecule has 6 rings (SSSR count). The molecule has 0 radical (unpaired) electrons. The lowest BCUT2D eigenvalue weighted by Crippen LogP contribution is -2.36. The van der Waals surface area contributed by atoms with Crippen molar-refractivity contribution in [2.24, 2.45) is 0 Å². The Morgan fingerprint density at radius 3 is 1.16 bits per heavy atom. The molecule has 2 aliphatic rings. The normalized spacial score (nSPS) is 18.1. The summed E-state index contributed by atoms with van der Waals surface area (Å²) in [5.41, 5.74) is 3.80. The van der Waals surface area contributed by atoms with Gasteiger partial charge in [-0.15, -0.1) is 0 Å². The highest BCUT2D eigenvalue weighted by Crippen LogP contribution is 2.32. The van der Waals surface area contributed by atoms with Crippen molar-refractivity contribution in [1.29, 1.82) is 0 Å². The first-order valence-corrected chi connectivity index (χ1v) is 17.2. The minimum Gasteiger partial charge on any atom is -0.453 e. The van der Waals surface area contributed by atoms with Crippen LogP contribution in [0.5, 0.6) is 11.5 Å². The van der Waals surface area contributed by atoms with E-state index < -0.39 is 73.4 Å². The van der Waals surface area contributed by atoms with Crippen LogP contribution in [0, 0.1) is 0 Å². The van der Waals surface area contributed by atoms with E-state index in [2.05, 4.69) is 22.6 Å². The average Bonchev–Trinajstić information content (AvgIpc) is 3.82. The summed E-state index contributed by atoms with van der Waals surface area (Å²) in [5, 5.41) is 0. The highest BCUT2D eigenvalue weighted by Gasteiger charge is 2.51. The summed E-state index contributed by atoms with van der Waals surface area (Å²) in [6.45, 7) is 5.56. The van der Waals surface area contributed by atoms with E-state index in [1.807, 2.05) is 0 Å². The Morgan fingerprint density at radius 1 is 0.518 bits per heavy atom. The highest BCUT2D eigenvalue weighted by molar-refractivity contribution is 5.91. The van der Waals surface area contributed by atoms with E-state index in [1.54, 1.807) is 97.1 Å². The minimum absolute atomic E-state index is 0.0657. The Labute approximate surface area is 320 Å². The van der Waals surface area contributed by atoms with E-state index in [0.29, 0.717) is 11.1 Å². The molecule has 4 atom stereocenters. The number of esters is 6. The van der Waals surface area contributed by atoms with Gasteiger partial charge < -0.3 is 37.9 Å². The predicted octanol–water partition coefficient (Wildman–Crippen LogP) is 4.84. The molecule has 0 bridgehead atoms. The van der Waals surface area contributed by atoms with Gasteiger partial charge in [0.2, 0.25) is 0 Å². The summed E-state index contributed by atoms with van der Waals surface area (Å²) < 4.78 is 42.8. The van der Waals surface area contributed by atoms with Crippen molar-refractivity contribution in [3.8, 4) is 33.8 Å². The summed E-state index contributed by atoms with van der Waals surface area (Å²) in [5.74, 6) is -3.55. The van der Waals surface area contributed by atoms with Gasteiger partial charge in [0.05, 0.1) is 24.3 Å². The molecule has 0 saturated carbocycles. The first-order chi connectivity index (χ1) is 27.1. The molecule has 2 fully saturated rings. The van der Waals surface area contributed by atoms with Crippen LogP contribution in [0.1, 0.15) is 20.7 Å². The van der Waals surface area contributed by atoms with E-state index >= 15 is 0 Å². The van der Waals surface area contributed by atoms with Crippen LogP contribution in [-0.2, 0) is 47.6 Å². The van der Waals surface area contributed by atoms with Gasteiger partial charge in [0, 0.05) is 12.2 Å². The molecular formula is C42H34O14. The van der Waals surface area contributed by atoms with E-state index in [0.717, 1.165) is 34.4 Å². The van der Waals surface area contributed by atoms with Gasteiger partial charge in [-0.3, -0.25) is 0 Å². The molecule has 0 aliphatic carbocycles. The average molecular weight is 763 g/mol. The van der Waals surface area contributed by atoms with E-state index in [-0.39, 0.29) is 24.7 Å². The second-order valence-electron chi connectivity index (χ2n) is 12.3. The number of ether oxygens (including phenoxy) is 8. The maximum atomic E-state index is 13.0.